The summed E-state index contributed by atoms with van der Waals surface area (Å²) >= 11 is 16.0. The molecule has 0 aromatic heterocycles. The third kappa shape index (κ3) is 5.35. The van der Waals surface area contributed by atoms with Gasteiger partial charge in [0.15, 0.2) is 0 Å². The van der Waals surface area contributed by atoms with Gasteiger partial charge in [0, 0.05) is 45.3 Å². The highest BCUT2D eigenvalue weighted by Crippen LogP contribution is 2.28. The third-order valence-corrected chi connectivity index (χ3v) is 5.37. The Morgan fingerprint density at radius 3 is 2.72 bits per heavy atom. The van der Waals surface area contributed by atoms with Gasteiger partial charge in [0.25, 0.3) is 0 Å². The fraction of sp³-hybridized carbons (Fsp3) is 0.368. The Hall–Kier alpha value is -0.780. The lowest BCUT2D eigenvalue weighted by molar-refractivity contribution is 0.110. The maximum absolute atomic E-state index is 6.22. The predicted octanol–water partition coefficient (Wildman–Crippen LogP) is 5.60. The number of hydrogen-bond acceptors (Lipinski definition) is 3. The number of halogens is 3. The second-order valence-electron chi connectivity index (χ2n) is 6.01. The van der Waals surface area contributed by atoms with Crippen molar-refractivity contribution in [3.8, 4) is 5.75 Å². The standard InChI is InChI=1S/C19H20BrCl2NO2/c20-14-6-7-19(25-12-16-17(21)4-1-5-18(16)22)13(9-14)10-23-11-15-3-2-8-24-15/h1,4-7,9,15,23H,2-3,8,10-12H2/t15-/m0/s1. The van der Waals surface area contributed by atoms with Gasteiger partial charge in [-0.15, -0.1) is 0 Å². The van der Waals surface area contributed by atoms with Crippen molar-refractivity contribution >= 4 is 39.1 Å². The Balaban J connectivity index is 1.64. The van der Waals surface area contributed by atoms with E-state index in [1.165, 1.54) is 0 Å². The molecule has 0 radical (unpaired) electrons. The molecule has 2 aromatic carbocycles. The van der Waals surface area contributed by atoms with E-state index in [-0.39, 0.29) is 0 Å². The SMILES string of the molecule is Clc1cccc(Cl)c1COc1ccc(Br)cc1CNC[C@@H]1CCCO1. The van der Waals surface area contributed by atoms with Gasteiger partial charge in [-0.05, 0) is 43.2 Å². The topological polar surface area (TPSA) is 30.5 Å². The summed E-state index contributed by atoms with van der Waals surface area (Å²) in [5.74, 6) is 0.819. The van der Waals surface area contributed by atoms with Crippen molar-refractivity contribution < 1.29 is 9.47 Å². The Kier molecular flexibility index (Phi) is 7.02. The van der Waals surface area contributed by atoms with E-state index in [0.717, 1.165) is 47.3 Å². The van der Waals surface area contributed by atoms with Crippen molar-refractivity contribution in [2.24, 2.45) is 0 Å². The molecule has 1 saturated heterocycles. The van der Waals surface area contributed by atoms with Crippen molar-refractivity contribution in [1.82, 2.24) is 5.32 Å². The molecule has 0 bridgehead atoms. The molecule has 1 aliphatic heterocycles. The first-order chi connectivity index (χ1) is 12.1. The molecule has 134 valence electrons. The van der Waals surface area contributed by atoms with Gasteiger partial charge in [-0.1, -0.05) is 45.2 Å². The van der Waals surface area contributed by atoms with Crippen LogP contribution in [0.5, 0.6) is 5.75 Å². The van der Waals surface area contributed by atoms with Gasteiger partial charge in [-0.3, -0.25) is 0 Å². The van der Waals surface area contributed by atoms with Gasteiger partial charge in [0.05, 0.1) is 6.10 Å². The van der Waals surface area contributed by atoms with Crippen LogP contribution in [0.2, 0.25) is 10.0 Å². The minimum atomic E-state index is 0.318. The minimum absolute atomic E-state index is 0.318. The summed E-state index contributed by atoms with van der Waals surface area (Å²) in [5, 5.41) is 4.68. The largest absolute Gasteiger partial charge is 0.488 e. The summed E-state index contributed by atoms with van der Waals surface area (Å²) in [4.78, 5) is 0. The zero-order valence-electron chi connectivity index (χ0n) is 13.7. The van der Waals surface area contributed by atoms with Gasteiger partial charge >= 0.3 is 0 Å². The molecule has 3 rings (SSSR count). The van der Waals surface area contributed by atoms with Crippen LogP contribution in [0.15, 0.2) is 40.9 Å². The van der Waals surface area contributed by atoms with Gasteiger partial charge in [0.1, 0.15) is 12.4 Å². The molecule has 3 nitrogen and oxygen atoms in total. The van der Waals surface area contributed by atoms with Crippen LogP contribution < -0.4 is 10.1 Å². The molecule has 1 atom stereocenters. The zero-order valence-corrected chi connectivity index (χ0v) is 16.8. The Labute approximate surface area is 166 Å². The van der Waals surface area contributed by atoms with Gasteiger partial charge in [0.2, 0.25) is 0 Å². The molecule has 1 fully saturated rings. The van der Waals surface area contributed by atoms with Gasteiger partial charge in [-0.25, -0.2) is 0 Å². The summed E-state index contributed by atoms with van der Waals surface area (Å²) < 4.78 is 12.7. The van der Waals surface area contributed by atoms with Gasteiger partial charge < -0.3 is 14.8 Å². The van der Waals surface area contributed by atoms with Crippen molar-refractivity contribution in [2.45, 2.75) is 32.1 Å². The van der Waals surface area contributed by atoms with Crippen LogP contribution in [0, 0.1) is 0 Å². The molecular weight excluding hydrogens is 425 g/mol. The maximum Gasteiger partial charge on any atom is 0.124 e. The third-order valence-electron chi connectivity index (χ3n) is 4.17. The van der Waals surface area contributed by atoms with Crippen LogP contribution in [0.4, 0.5) is 0 Å². The molecule has 0 spiro atoms. The highest BCUT2D eigenvalue weighted by molar-refractivity contribution is 9.10. The molecule has 0 unspecified atom stereocenters. The van der Waals surface area contributed by atoms with E-state index in [0.29, 0.717) is 29.3 Å². The van der Waals surface area contributed by atoms with E-state index in [1.807, 2.05) is 30.3 Å². The molecule has 0 amide bonds. The van der Waals surface area contributed by atoms with Crippen molar-refractivity contribution in [3.05, 3.63) is 62.0 Å². The monoisotopic (exact) mass is 443 g/mol. The summed E-state index contributed by atoms with van der Waals surface area (Å²) in [5.41, 5.74) is 1.88. The van der Waals surface area contributed by atoms with E-state index in [9.17, 15) is 0 Å². The highest BCUT2D eigenvalue weighted by Gasteiger charge is 2.15. The quantitative estimate of drug-likeness (QED) is 0.602. The Morgan fingerprint density at radius 1 is 1.20 bits per heavy atom. The maximum atomic E-state index is 6.22. The fourth-order valence-electron chi connectivity index (χ4n) is 2.82. The Bertz CT molecular complexity index is 700. The molecule has 1 N–H and O–H groups in total. The molecule has 0 aliphatic carbocycles. The average molecular weight is 445 g/mol. The number of hydrogen-bond donors (Lipinski definition) is 1. The normalized spacial score (nSPS) is 17.0. The number of ether oxygens (including phenoxy) is 2. The molecule has 2 aromatic rings. The first-order valence-corrected chi connectivity index (χ1v) is 9.85. The lowest BCUT2D eigenvalue weighted by Gasteiger charge is -2.15. The number of rotatable bonds is 7. The van der Waals surface area contributed by atoms with Crippen LogP contribution in [0.25, 0.3) is 0 Å². The number of nitrogens with one attached hydrogen (secondary N) is 1. The average Bonchev–Trinajstić information content (AvgIpc) is 3.09. The molecule has 25 heavy (non-hydrogen) atoms. The highest BCUT2D eigenvalue weighted by atomic mass is 79.9. The summed E-state index contributed by atoms with van der Waals surface area (Å²) in [6, 6.07) is 11.4. The van der Waals surface area contributed by atoms with Crippen LogP contribution in [0.3, 0.4) is 0 Å². The smallest absolute Gasteiger partial charge is 0.124 e. The van der Waals surface area contributed by atoms with E-state index >= 15 is 0 Å². The second-order valence-corrected chi connectivity index (χ2v) is 7.74. The summed E-state index contributed by atoms with van der Waals surface area (Å²) in [6.07, 6.45) is 2.59. The zero-order chi connectivity index (χ0) is 17.6. The van der Waals surface area contributed by atoms with Crippen LogP contribution in [0.1, 0.15) is 24.0 Å². The minimum Gasteiger partial charge on any atom is -0.488 e. The van der Waals surface area contributed by atoms with Crippen LogP contribution >= 0.6 is 39.1 Å². The van der Waals surface area contributed by atoms with Gasteiger partial charge in [-0.2, -0.15) is 0 Å². The van der Waals surface area contributed by atoms with Crippen LogP contribution in [-0.2, 0) is 17.9 Å². The van der Waals surface area contributed by atoms with E-state index < -0.39 is 0 Å². The van der Waals surface area contributed by atoms with E-state index in [4.69, 9.17) is 32.7 Å². The summed E-state index contributed by atoms with van der Waals surface area (Å²) in [6.45, 7) is 2.77. The lowest BCUT2D eigenvalue weighted by atomic mass is 10.2. The summed E-state index contributed by atoms with van der Waals surface area (Å²) in [7, 11) is 0. The molecule has 1 heterocycles. The first kappa shape index (κ1) is 19.0. The molecular formula is C19H20BrCl2NO2. The van der Waals surface area contributed by atoms with Crippen molar-refractivity contribution in [2.75, 3.05) is 13.2 Å². The first-order valence-electron chi connectivity index (χ1n) is 8.30. The molecule has 1 aliphatic rings. The lowest BCUT2D eigenvalue weighted by Crippen LogP contribution is -2.26. The number of benzene rings is 2. The van der Waals surface area contributed by atoms with Crippen LogP contribution in [-0.4, -0.2) is 19.3 Å². The fourth-order valence-corrected chi connectivity index (χ4v) is 3.74. The van der Waals surface area contributed by atoms with Crippen molar-refractivity contribution in [3.63, 3.8) is 0 Å². The van der Waals surface area contributed by atoms with E-state index in [1.54, 1.807) is 0 Å². The molecule has 0 saturated carbocycles. The molecule has 6 heteroatoms. The predicted molar refractivity (Wildman–Crippen MR) is 106 cm³/mol. The van der Waals surface area contributed by atoms with Crippen molar-refractivity contribution in [1.29, 1.82) is 0 Å². The van der Waals surface area contributed by atoms with E-state index in [2.05, 4.69) is 27.3 Å². The Morgan fingerprint density at radius 2 is 2.00 bits per heavy atom. The second kappa shape index (κ2) is 9.24.